The van der Waals surface area contributed by atoms with Crippen LogP contribution >= 0.6 is 7.82 Å². The number of phosphoric acid groups is 1. The molecule has 0 aliphatic carbocycles. The molecule has 0 bridgehead atoms. The van der Waals surface area contributed by atoms with E-state index in [0.717, 1.165) is 57.8 Å². The van der Waals surface area contributed by atoms with Gasteiger partial charge in [-0.15, -0.1) is 0 Å². The highest BCUT2D eigenvalue weighted by molar-refractivity contribution is 7.47. The number of nitrogens with two attached hydrogens (primary N) is 1. The molecule has 10 heteroatoms. The van der Waals surface area contributed by atoms with Gasteiger partial charge in [0.2, 0.25) is 0 Å². The van der Waals surface area contributed by atoms with Crippen LogP contribution in [0.15, 0.2) is 72.9 Å². The first-order valence-electron chi connectivity index (χ1n) is 23.9. The van der Waals surface area contributed by atoms with Gasteiger partial charge in [0, 0.05) is 19.4 Å². The van der Waals surface area contributed by atoms with Crippen molar-refractivity contribution < 1.29 is 37.6 Å². The molecule has 0 aliphatic heterocycles. The number of phosphoric ester groups is 1. The van der Waals surface area contributed by atoms with E-state index in [4.69, 9.17) is 24.3 Å². The van der Waals surface area contributed by atoms with Crippen molar-refractivity contribution in [2.75, 3.05) is 26.4 Å². The average Bonchev–Trinajstić information content (AvgIpc) is 3.24. The van der Waals surface area contributed by atoms with Gasteiger partial charge in [-0.25, -0.2) is 4.57 Å². The van der Waals surface area contributed by atoms with Crippen molar-refractivity contribution in [1.82, 2.24) is 0 Å². The molecule has 0 aromatic heterocycles. The highest BCUT2D eigenvalue weighted by Crippen LogP contribution is 2.43. The number of unbranched alkanes of at least 4 members (excludes halogenated alkanes) is 19. The van der Waals surface area contributed by atoms with Gasteiger partial charge in [0.05, 0.1) is 13.2 Å². The van der Waals surface area contributed by atoms with Gasteiger partial charge in [-0.05, 0) is 51.4 Å². The summed E-state index contributed by atoms with van der Waals surface area (Å²) >= 11 is 0. The van der Waals surface area contributed by atoms with E-state index < -0.39 is 32.5 Å². The lowest BCUT2D eigenvalue weighted by molar-refractivity contribution is -0.161. The normalized spacial score (nSPS) is 13.9. The van der Waals surface area contributed by atoms with E-state index >= 15 is 0 Å². The second-order valence-corrected chi connectivity index (χ2v) is 17.1. The van der Waals surface area contributed by atoms with Crippen LogP contribution < -0.4 is 5.73 Å². The van der Waals surface area contributed by atoms with Crippen LogP contribution in [0.2, 0.25) is 0 Å². The molecule has 0 rings (SSSR count). The van der Waals surface area contributed by atoms with Gasteiger partial charge >= 0.3 is 19.8 Å². The fourth-order valence-corrected chi connectivity index (χ4v) is 7.13. The van der Waals surface area contributed by atoms with E-state index in [1.54, 1.807) is 0 Å². The summed E-state index contributed by atoms with van der Waals surface area (Å²) < 4.78 is 32.8. The quantitative estimate of drug-likeness (QED) is 0.0266. The van der Waals surface area contributed by atoms with Crippen molar-refractivity contribution in [1.29, 1.82) is 0 Å². The summed E-state index contributed by atoms with van der Waals surface area (Å²) in [7, 11) is -4.40. The number of carbonyl (C=O) groups excluding carboxylic acids is 2. The monoisotopic (exact) mass is 862 g/mol. The number of allylic oxidation sites excluding steroid dienone is 12. The SMILES string of the molecule is CC/C=C/C/C=C/C/C=C/C/C=C/C/C=C/C/C=C/CCC(=O)OC[C@H](COP(=O)(O)OCCN)OC(=O)CCCCCCCCCCCCCCCCCCCCCC. The van der Waals surface area contributed by atoms with Crippen molar-refractivity contribution in [3.05, 3.63) is 72.9 Å². The van der Waals surface area contributed by atoms with Crippen molar-refractivity contribution in [3.8, 4) is 0 Å². The summed E-state index contributed by atoms with van der Waals surface area (Å²) in [6.07, 6.45) is 56.7. The van der Waals surface area contributed by atoms with E-state index in [1.807, 2.05) is 12.2 Å². The largest absolute Gasteiger partial charge is 0.472 e. The van der Waals surface area contributed by atoms with E-state index in [0.29, 0.717) is 12.8 Å². The van der Waals surface area contributed by atoms with Crippen LogP contribution in [0.3, 0.4) is 0 Å². The molecule has 346 valence electrons. The maximum atomic E-state index is 12.6. The number of hydrogen-bond donors (Lipinski definition) is 2. The highest BCUT2D eigenvalue weighted by Gasteiger charge is 2.26. The van der Waals surface area contributed by atoms with Gasteiger partial charge in [0.15, 0.2) is 6.10 Å². The second kappa shape index (κ2) is 46.0. The van der Waals surface area contributed by atoms with Crippen LogP contribution in [0.5, 0.6) is 0 Å². The number of esters is 2. The summed E-state index contributed by atoms with van der Waals surface area (Å²) in [4.78, 5) is 34.9. The van der Waals surface area contributed by atoms with Crippen LogP contribution in [0.4, 0.5) is 0 Å². The topological polar surface area (TPSA) is 134 Å². The molecule has 0 aliphatic rings. The molecule has 0 aromatic carbocycles. The summed E-state index contributed by atoms with van der Waals surface area (Å²) in [5, 5.41) is 0. The zero-order valence-electron chi connectivity index (χ0n) is 38.2. The third-order valence-electron chi connectivity index (χ3n) is 9.87. The lowest BCUT2D eigenvalue weighted by Gasteiger charge is -2.19. The van der Waals surface area contributed by atoms with E-state index in [1.165, 1.54) is 103 Å². The van der Waals surface area contributed by atoms with Crippen LogP contribution in [0.1, 0.15) is 200 Å². The molecular formula is C50H88NO8P. The lowest BCUT2D eigenvalue weighted by Crippen LogP contribution is -2.29. The molecule has 0 saturated heterocycles. The Labute approximate surface area is 367 Å². The minimum absolute atomic E-state index is 0.0418. The lowest BCUT2D eigenvalue weighted by atomic mass is 10.0. The minimum Gasteiger partial charge on any atom is -0.462 e. The predicted octanol–water partition coefficient (Wildman–Crippen LogP) is 14.2. The summed E-state index contributed by atoms with van der Waals surface area (Å²) in [6.45, 7) is 3.55. The van der Waals surface area contributed by atoms with Crippen molar-refractivity contribution >= 4 is 19.8 Å². The Balaban J connectivity index is 4.19. The number of ether oxygens (including phenoxy) is 2. The Bertz CT molecular complexity index is 1210. The predicted molar refractivity (Wildman–Crippen MR) is 252 cm³/mol. The molecule has 9 nitrogen and oxygen atoms in total. The summed E-state index contributed by atoms with van der Waals surface area (Å²) in [6, 6.07) is 0. The maximum Gasteiger partial charge on any atom is 0.472 e. The van der Waals surface area contributed by atoms with E-state index in [9.17, 15) is 19.0 Å². The van der Waals surface area contributed by atoms with Gasteiger partial charge in [-0.3, -0.25) is 18.6 Å². The Kier molecular flexibility index (Phi) is 44.0. The summed E-state index contributed by atoms with van der Waals surface area (Å²) in [5.41, 5.74) is 5.35. The van der Waals surface area contributed by atoms with E-state index in [2.05, 4.69) is 74.6 Å². The Morgan fingerprint density at radius 1 is 0.517 bits per heavy atom. The molecule has 0 spiro atoms. The van der Waals surface area contributed by atoms with Gasteiger partial charge in [-0.1, -0.05) is 209 Å². The Morgan fingerprint density at radius 3 is 1.33 bits per heavy atom. The molecule has 3 N–H and O–H groups in total. The molecule has 2 atom stereocenters. The van der Waals surface area contributed by atoms with Crippen LogP contribution in [0.25, 0.3) is 0 Å². The fraction of sp³-hybridized carbons (Fsp3) is 0.720. The Hall–Kier alpha value is -2.55. The van der Waals surface area contributed by atoms with Crippen molar-refractivity contribution in [2.24, 2.45) is 5.73 Å². The average molecular weight is 862 g/mol. The van der Waals surface area contributed by atoms with Crippen LogP contribution in [-0.2, 0) is 32.7 Å². The van der Waals surface area contributed by atoms with Gasteiger partial charge in [-0.2, -0.15) is 0 Å². The first-order valence-corrected chi connectivity index (χ1v) is 25.4. The fourth-order valence-electron chi connectivity index (χ4n) is 6.37. The van der Waals surface area contributed by atoms with Gasteiger partial charge < -0.3 is 20.1 Å². The molecule has 0 amide bonds. The molecule has 0 fully saturated rings. The molecule has 60 heavy (non-hydrogen) atoms. The number of hydrogen-bond acceptors (Lipinski definition) is 8. The third kappa shape index (κ3) is 45.0. The zero-order valence-corrected chi connectivity index (χ0v) is 39.1. The maximum absolute atomic E-state index is 12.6. The number of rotatable bonds is 44. The smallest absolute Gasteiger partial charge is 0.462 e. The molecule has 0 heterocycles. The van der Waals surface area contributed by atoms with Gasteiger partial charge in [0.1, 0.15) is 6.61 Å². The van der Waals surface area contributed by atoms with Crippen LogP contribution in [-0.4, -0.2) is 49.3 Å². The Morgan fingerprint density at radius 2 is 0.917 bits per heavy atom. The standard InChI is InChI=1S/C50H88NO8P/c1-3-5-7-9-11-13-15-17-19-21-23-25-27-29-31-33-35-37-39-41-43-50(53)59-48(47-58-60(54,55)57-45-44-51)46-56-49(52)42-40-38-36-34-32-30-28-26-24-22-20-18-16-14-12-10-8-6-4-2/h6,8,12,14,18,20,24,26,30,32,36,38,48H,3-5,7,9-11,13,15-17,19,21-23,25,27-29,31,33-35,37,39-47,51H2,1-2H3,(H,54,55)/b8-6+,14-12+,20-18+,26-24+,32-30+,38-36+/t48-/m1/s1. The van der Waals surface area contributed by atoms with Crippen molar-refractivity contribution in [2.45, 2.75) is 206 Å². The first-order chi connectivity index (χ1) is 29.3. The molecule has 1 unspecified atom stereocenters. The van der Waals surface area contributed by atoms with E-state index in [-0.39, 0.29) is 32.6 Å². The van der Waals surface area contributed by atoms with Crippen LogP contribution in [0, 0.1) is 0 Å². The highest BCUT2D eigenvalue weighted by atomic mass is 31.2. The summed E-state index contributed by atoms with van der Waals surface area (Å²) in [5.74, 6) is -0.924. The van der Waals surface area contributed by atoms with Gasteiger partial charge in [0.25, 0.3) is 0 Å². The first kappa shape index (κ1) is 57.4. The third-order valence-corrected chi connectivity index (χ3v) is 10.9. The number of carbonyl (C=O) groups is 2. The van der Waals surface area contributed by atoms with Crippen molar-refractivity contribution in [3.63, 3.8) is 0 Å². The molecule has 0 radical (unpaired) electrons. The molecule has 0 aromatic rings. The second-order valence-electron chi connectivity index (χ2n) is 15.6. The molecular weight excluding hydrogens is 774 g/mol. The minimum atomic E-state index is -4.40. The zero-order chi connectivity index (χ0) is 43.9. The molecule has 0 saturated carbocycles.